The van der Waals surface area contributed by atoms with Gasteiger partial charge in [0.25, 0.3) is 0 Å². The van der Waals surface area contributed by atoms with Crippen LogP contribution in [-0.2, 0) is 4.79 Å². The van der Waals surface area contributed by atoms with Gasteiger partial charge >= 0.3 is 0 Å². The maximum Gasteiger partial charge on any atom is 0.223 e. The van der Waals surface area contributed by atoms with E-state index in [1.54, 1.807) is 0 Å². The highest BCUT2D eigenvalue weighted by molar-refractivity contribution is 5.81. The van der Waals surface area contributed by atoms with Gasteiger partial charge in [0.2, 0.25) is 5.91 Å². The van der Waals surface area contributed by atoms with E-state index in [-0.39, 0.29) is 11.8 Å². The van der Waals surface area contributed by atoms with Gasteiger partial charge in [-0.3, -0.25) is 9.79 Å². The van der Waals surface area contributed by atoms with E-state index in [1.165, 1.54) is 0 Å². The number of hydrogen-bond donors (Lipinski definition) is 3. The zero-order valence-corrected chi connectivity index (χ0v) is 11.6. The predicted octanol–water partition coefficient (Wildman–Crippen LogP) is 0.786. The fourth-order valence-electron chi connectivity index (χ4n) is 2.09. The van der Waals surface area contributed by atoms with Gasteiger partial charge in [-0.2, -0.15) is 0 Å². The zero-order valence-electron chi connectivity index (χ0n) is 11.6. The highest BCUT2D eigenvalue weighted by Crippen LogP contribution is 2.28. The Hall–Kier alpha value is -1.52. The minimum Gasteiger partial charge on any atom is -0.357 e. The van der Waals surface area contributed by atoms with Gasteiger partial charge in [0.15, 0.2) is 5.96 Å². The Morgan fingerprint density at radius 2 is 2.00 bits per heavy atom. The third kappa shape index (κ3) is 4.93. The van der Waals surface area contributed by atoms with Crippen LogP contribution in [0.5, 0.6) is 0 Å². The lowest BCUT2D eigenvalue weighted by Crippen LogP contribution is -2.43. The molecule has 19 heavy (non-hydrogen) atoms. The molecule has 0 aromatic carbocycles. The maximum atomic E-state index is 11.5. The Morgan fingerprint density at radius 1 is 1.26 bits per heavy atom. The van der Waals surface area contributed by atoms with Crippen molar-refractivity contribution in [2.75, 3.05) is 19.6 Å². The largest absolute Gasteiger partial charge is 0.357 e. The Labute approximate surface area is 114 Å². The molecule has 2 aliphatic rings. The Kier molecular flexibility index (Phi) is 5.24. The maximum absolute atomic E-state index is 11.5. The van der Waals surface area contributed by atoms with Crippen LogP contribution in [0.4, 0.5) is 0 Å². The lowest BCUT2D eigenvalue weighted by Gasteiger charge is -2.16. The van der Waals surface area contributed by atoms with Crippen LogP contribution >= 0.6 is 0 Å². The average Bonchev–Trinajstić information content (AvgIpc) is 3.14. The van der Waals surface area contributed by atoms with Crippen molar-refractivity contribution in [2.24, 2.45) is 10.9 Å². The smallest absolute Gasteiger partial charge is 0.223 e. The Balaban J connectivity index is 1.67. The highest BCUT2D eigenvalue weighted by atomic mass is 16.2. The molecule has 1 saturated carbocycles. The number of nitrogens with one attached hydrogen (secondary N) is 3. The van der Waals surface area contributed by atoms with Crippen molar-refractivity contribution < 1.29 is 4.79 Å². The molecular weight excluding hydrogens is 240 g/mol. The van der Waals surface area contributed by atoms with Gasteiger partial charge < -0.3 is 16.0 Å². The summed E-state index contributed by atoms with van der Waals surface area (Å²) in [5.74, 6) is 1.31. The second-order valence-corrected chi connectivity index (χ2v) is 5.11. The first kappa shape index (κ1) is 13.9. The number of nitrogens with zero attached hydrogens (tertiary/aromatic N) is 1. The number of hydrogen-bond acceptors (Lipinski definition) is 2. The number of rotatable bonds is 6. The van der Waals surface area contributed by atoms with Crippen LogP contribution in [-0.4, -0.2) is 37.5 Å². The van der Waals surface area contributed by atoms with Gasteiger partial charge in [0, 0.05) is 25.0 Å². The van der Waals surface area contributed by atoms with Gasteiger partial charge in [0.1, 0.15) is 0 Å². The number of carbonyl (C=O) groups is 1. The zero-order chi connectivity index (χ0) is 13.5. The Bertz CT molecular complexity index is 352. The molecule has 0 spiro atoms. The monoisotopic (exact) mass is 264 g/mol. The number of amides is 1. The molecule has 0 heterocycles. The van der Waals surface area contributed by atoms with Gasteiger partial charge in [-0.05, 0) is 32.6 Å². The van der Waals surface area contributed by atoms with Crippen LogP contribution in [0.15, 0.2) is 17.1 Å². The predicted molar refractivity (Wildman–Crippen MR) is 77.0 cm³/mol. The number of carbonyl (C=O) groups excluding carboxylic acids is 1. The molecule has 106 valence electrons. The lowest BCUT2D eigenvalue weighted by atomic mass is 10.2. The van der Waals surface area contributed by atoms with E-state index >= 15 is 0 Å². The first-order valence-corrected chi connectivity index (χ1v) is 7.27. The van der Waals surface area contributed by atoms with Crippen LogP contribution in [0, 0.1) is 5.92 Å². The molecule has 0 saturated heterocycles. The minimum absolute atomic E-state index is 0.188. The van der Waals surface area contributed by atoms with Crippen molar-refractivity contribution in [3.05, 3.63) is 12.2 Å². The molecule has 0 unspecified atom stereocenters. The summed E-state index contributed by atoms with van der Waals surface area (Å²) < 4.78 is 0. The molecule has 1 fully saturated rings. The van der Waals surface area contributed by atoms with Crippen LogP contribution < -0.4 is 16.0 Å². The summed E-state index contributed by atoms with van der Waals surface area (Å²) in [5, 5.41) is 9.56. The van der Waals surface area contributed by atoms with Gasteiger partial charge in [-0.25, -0.2) is 0 Å². The molecule has 0 aromatic heterocycles. The Morgan fingerprint density at radius 3 is 2.63 bits per heavy atom. The molecule has 5 heteroatoms. The van der Waals surface area contributed by atoms with Gasteiger partial charge in [-0.1, -0.05) is 12.2 Å². The lowest BCUT2D eigenvalue weighted by molar-refractivity contribution is -0.122. The van der Waals surface area contributed by atoms with Crippen LogP contribution in [0.1, 0.15) is 32.6 Å². The molecule has 1 amide bonds. The van der Waals surface area contributed by atoms with Crippen molar-refractivity contribution in [2.45, 2.75) is 38.6 Å². The number of aliphatic imine (C=N–C) groups is 1. The summed E-state index contributed by atoms with van der Waals surface area (Å²) >= 11 is 0. The molecule has 3 N–H and O–H groups in total. The molecule has 0 aromatic rings. The second-order valence-electron chi connectivity index (χ2n) is 5.11. The summed E-state index contributed by atoms with van der Waals surface area (Å²) in [6, 6.07) is 0.457. The molecular formula is C14H24N4O. The first-order chi connectivity index (χ1) is 9.29. The van der Waals surface area contributed by atoms with E-state index in [2.05, 4.69) is 40.0 Å². The van der Waals surface area contributed by atoms with Crippen molar-refractivity contribution in [3.8, 4) is 0 Å². The van der Waals surface area contributed by atoms with Crippen molar-refractivity contribution in [1.29, 1.82) is 0 Å². The quantitative estimate of drug-likeness (QED) is 0.287. The van der Waals surface area contributed by atoms with Crippen LogP contribution in [0.2, 0.25) is 0 Å². The van der Waals surface area contributed by atoms with Gasteiger partial charge in [-0.15, -0.1) is 0 Å². The molecule has 2 rings (SSSR count). The summed E-state index contributed by atoms with van der Waals surface area (Å²) in [4.78, 5) is 15.9. The summed E-state index contributed by atoms with van der Waals surface area (Å²) in [7, 11) is 0. The SMILES string of the molecule is CCNC(=NCCNC(=O)C1CC1)NC1CC=CC1. The fraction of sp³-hybridized carbons (Fsp3) is 0.714. The molecule has 2 aliphatic carbocycles. The topological polar surface area (TPSA) is 65.5 Å². The third-order valence-electron chi connectivity index (χ3n) is 3.32. The third-order valence-corrected chi connectivity index (χ3v) is 3.32. The molecule has 0 bridgehead atoms. The van der Waals surface area contributed by atoms with Crippen LogP contribution in [0.25, 0.3) is 0 Å². The molecule has 0 atom stereocenters. The fourth-order valence-corrected chi connectivity index (χ4v) is 2.09. The van der Waals surface area contributed by atoms with E-state index in [9.17, 15) is 4.79 Å². The summed E-state index contributed by atoms with van der Waals surface area (Å²) in [6.07, 6.45) is 8.60. The summed E-state index contributed by atoms with van der Waals surface area (Å²) in [5.41, 5.74) is 0. The average molecular weight is 264 g/mol. The normalized spacial score (nSPS) is 19.5. The molecule has 0 radical (unpaired) electrons. The van der Waals surface area contributed by atoms with E-state index < -0.39 is 0 Å². The molecule has 5 nitrogen and oxygen atoms in total. The van der Waals surface area contributed by atoms with Crippen molar-refractivity contribution in [1.82, 2.24) is 16.0 Å². The standard InChI is InChI=1S/C14H24N4O/c1-2-15-14(18-12-5-3-4-6-12)17-10-9-16-13(19)11-7-8-11/h3-4,11-12H,2,5-10H2,1H3,(H,16,19)(H2,15,17,18). The van der Waals surface area contributed by atoms with E-state index in [4.69, 9.17) is 0 Å². The van der Waals surface area contributed by atoms with E-state index in [0.717, 1.165) is 38.2 Å². The van der Waals surface area contributed by atoms with Gasteiger partial charge in [0.05, 0.1) is 6.54 Å². The van der Waals surface area contributed by atoms with Crippen molar-refractivity contribution in [3.63, 3.8) is 0 Å². The highest BCUT2D eigenvalue weighted by Gasteiger charge is 2.28. The first-order valence-electron chi connectivity index (χ1n) is 7.27. The van der Waals surface area contributed by atoms with E-state index in [1.807, 2.05) is 0 Å². The van der Waals surface area contributed by atoms with Crippen molar-refractivity contribution >= 4 is 11.9 Å². The summed E-state index contributed by atoms with van der Waals surface area (Å²) in [6.45, 7) is 4.14. The van der Waals surface area contributed by atoms with Crippen LogP contribution in [0.3, 0.4) is 0 Å². The molecule has 0 aliphatic heterocycles. The van der Waals surface area contributed by atoms with E-state index in [0.29, 0.717) is 19.1 Å². The second kappa shape index (κ2) is 7.16. The number of guanidine groups is 1. The minimum atomic E-state index is 0.188.